The van der Waals surface area contributed by atoms with Crippen LogP contribution in [0, 0.1) is 5.92 Å². The van der Waals surface area contributed by atoms with Gasteiger partial charge in [0.05, 0.1) is 0 Å². The van der Waals surface area contributed by atoms with Crippen molar-refractivity contribution in [1.29, 1.82) is 0 Å². The Hall–Kier alpha value is -1.62. The van der Waals surface area contributed by atoms with Crippen molar-refractivity contribution in [2.24, 2.45) is 5.92 Å². The molecule has 2 heterocycles. The number of pyridine rings is 1. The smallest absolute Gasteiger partial charge is 0.248 e. The summed E-state index contributed by atoms with van der Waals surface area (Å²) >= 11 is 0. The van der Waals surface area contributed by atoms with Gasteiger partial charge in [0.1, 0.15) is 11.9 Å². The largest absolute Gasteiger partial charge is 0.384 e. The van der Waals surface area contributed by atoms with Crippen molar-refractivity contribution in [3.63, 3.8) is 0 Å². The molecule has 0 aromatic carbocycles. The number of piperidine rings is 1. The fourth-order valence-electron chi connectivity index (χ4n) is 2.28. The minimum Gasteiger partial charge on any atom is -0.384 e. The summed E-state index contributed by atoms with van der Waals surface area (Å²) < 4.78 is 0. The number of nitrogens with zero attached hydrogens (tertiary/aromatic N) is 2. The Morgan fingerprint density at radius 1 is 1.50 bits per heavy atom. The first-order valence-electron chi connectivity index (χ1n) is 7.22. The van der Waals surface area contributed by atoms with Gasteiger partial charge in [-0.1, -0.05) is 13.0 Å². The molecule has 1 aromatic rings. The first kappa shape index (κ1) is 14.8. The van der Waals surface area contributed by atoms with Crippen molar-refractivity contribution in [2.45, 2.75) is 39.3 Å². The highest BCUT2D eigenvalue weighted by Gasteiger charge is 2.16. The third kappa shape index (κ3) is 3.93. The molecule has 1 aliphatic heterocycles. The Morgan fingerprint density at radius 2 is 2.20 bits per heavy atom. The third-order valence-corrected chi connectivity index (χ3v) is 3.76. The molecule has 1 aliphatic rings. The van der Waals surface area contributed by atoms with E-state index in [-0.39, 0.29) is 5.91 Å². The van der Waals surface area contributed by atoms with Gasteiger partial charge >= 0.3 is 0 Å². The molecule has 2 rings (SSSR count). The van der Waals surface area contributed by atoms with Crippen LogP contribution in [0.5, 0.6) is 0 Å². The van der Waals surface area contributed by atoms with E-state index in [1.54, 1.807) is 6.20 Å². The van der Waals surface area contributed by atoms with Gasteiger partial charge in [0.2, 0.25) is 5.91 Å². The van der Waals surface area contributed by atoms with Gasteiger partial charge in [0.25, 0.3) is 0 Å². The second kappa shape index (κ2) is 6.70. The molecule has 0 saturated carbocycles. The fourth-order valence-corrected chi connectivity index (χ4v) is 2.28. The minimum atomic E-state index is -0.974. The molecule has 110 valence electrons. The number of carbonyl (C=O) groups is 1. The lowest BCUT2D eigenvalue weighted by Gasteiger charge is -2.31. The van der Waals surface area contributed by atoms with E-state index in [2.05, 4.69) is 22.1 Å². The third-order valence-electron chi connectivity index (χ3n) is 3.76. The predicted octanol–water partition coefficient (Wildman–Crippen LogP) is 1.31. The standard InChI is InChI=1S/C15H23N3O2/c1-11-5-7-18(8-6-11)14-4-3-13(9-16-14)10-17-15(20)12(2)19/h3-4,9,11-12,19H,5-8,10H2,1-2H3,(H,17,20). The number of anilines is 1. The number of aliphatic hydroxyl groups is 1. The van der Waals surface area contributed by atoms with Gasteiger partial charge in [-0.25, -0.2) is 4.98 Å². The van der Waals surface area contributed by atoms with E-state index >= 15 is 0 Å². The van der Waals surface area contributed by atoms with Crippen LogP contribution in [0.25, 0.3) is 0 Å². The van der Waals surface area contributed by atoms with Gasteiger partial charge in [0.15, 0.2) is 0 Å². The number of aromatic nitrogens is 1. The van der Waals surface area contributed by atoms with Gasteiger partial charge in [-0.05, 0) is 37.3 Å². The van der Waals surface area contributed by atoms with Crippen LogP contribution in [0.1, 0.15) is 32.3 Å². The van der Waals surface area contributed by atoms with E-state index in [4.69, 9.17) is 5.11 Å². The Balaban J connectivity index is 1.88. The Morgan fingerprint density at radius 3 is 2.75 bits per heavy atom. The highest BCUT2D eigenvalue weighted by molar-refractivity contribution is 5.79. The van der Waals surface area contributed by atoms with Crippen molar-refractivity contribution in [1.82, 2.24) is 10.3 Å². The average Bonchev–Trinajstić information content (AvgIpc) is 2.46. The number of hydrogen-bond acceptors (Lipinski definition) is 4. The zero-order chi connectivity index (χ0) is 14.5. The van der Waals surface area contributed by atoms with Crippen LogP contribution >= 0.6 is 0 Å². The Labute approximate surface area is 120 Å². The summed E-state index contributed by atoms with van der Waals surface area (Å²) in [6, 6.07) is 3.97. The number of carbonyl (C=O) groups excluding carboxylic acids is 1. The average molecular weight is 277 g/mol. The number of aliphatic hydroxyl groups excluding tert-OH is 1. The molecule has 1 amide bonds. The fraction of sp³-hybridized carbons (Fsp3) is 0.600. The molecular weight excluding hydrogens is 254 g/mol. The van der Waals surface area contributed by atoms with E-state index in [1.807, 2.05) is 12.1 Å². The Bertz CT molecular complexity index is 437. The van der Waals surface area contributed by atoms with Crippen LogP contribution in [0.3, 0.4) is 0 Å². The van der Waals surface area contributed by atoms with Crippen molar-refractivity contribution >= 4 is 11.7 Å². The van der Waals surface area contributed by atoms with Crippen molar-refractivity contribution < 1.29 is 9.90 Å². The van der Waals surface area contributed by atoms with E-state index in [0.717, 1.165) is 30.4 Å². The van der Waals surface area contributed by atoms with Crippen LogP contribution in [0.4, 0.5) is 5.82 Å². The monoisotopic (exact) mass is 277 g/mol. The molecule has 1 unspecified atom stereocenters. The number of hydrogen-bond donors (Lipinski definition) is 2. The van der Waals surface area contributed by atoms with Crippen LogP contribution in [-0.2, 0) is 11.3 Å². The summed E-state index contributed by atoms with van der Waals surface area (Å²) in [5, 5.41) is 11.8. The molecule has 0 spiro atoms. The Kier molecular flexibility index (Phi) is 4.95. The second-order valence-corrected chi connectivity index (χ2v) is 5.59. The lowest BCUT2D eigenvalue weighted by molar-refractivity contribution is -0.128. The van der Waals surface area contributed by atoms with E-state index in [0.29, 0.717) is 6.54 Å². The second-order valence-electron chi connectivity index (χ2n) is 5.59. The maximum Gasteiger partial charge on any atom is 0.248 e. The normalized spacial score (nSPS) is 17.9. The summed E-state index contributed by atoms with van der Waals surface area (Å²) in [4.78, 5) is 18.0. The zero-order valence-corrected chi connectivity index (χ0v) is 12.2. The molecular formula is C15H23N3O2. The van der Waals surface area contributed by atoms with Crippen molar-refractivity contribution in [3.8, 4) is 0 Å². The highest BCUT2D eigenvalue weighted by atomic mass is 16.3. The molecule has 1 saturated heterocycles. The van der Waals surface area contributed by atoms with Gasteiger partial charge in [0, 0.05) is 25.8 Å². The quantitative estimate of drug-likeness (QED) is 0.871. The molecule has 0 radical (unpaired) electrons. The van der Waals surface area contributed by atoms with Crippen LogP contribution in [0.15, 0.2) is 18.3 Å². The summed E-state index contributed by atoms with van der Waals surface area (Å²) in [5.74, 6) is 1.45. The molecule has 1 atom stereocenters. The van der Waals surface area contributed by atoms with Crippen LogP contribution in [0.2, 0.25) is 0 Å². The molecule has 0 aliphatic carbocycles. The molecule has 5 heteroatoms. The first-order chi connectivity index (χ1) is 9.56. The summed E-state index contributed by atoms with van der Waals surface area (Å²) in [7, 11) is 0. The zero-order valence-electron chi connectivity index (χ0n) is 12.2. The maximum atomic E-state index is 11.3. The van der Waals surface area contributed by atoms with Crippen molar-refractivity contribution in [2.75, 3.05) is 18.0 Å². The van der Waals surface area contributed by atoms with E-state index in [9.17, 15) is 4.79 Å². The first-order valence-corrected chi connectivity index (χ1v) is 7.22. The van der Waals surface area contributed by atoms with Crippen molar-refractivity contribution in [3.05, 3.63) is 23.9 Å². The highest BCUT2D eigenvalue weighted by Crippen LogP contribution is 2.21. The molecule has 20 heavy (non-hydrogen) atoms. The predicted molar refractivity (Wildman–Crippen MR) is 78.4 cm³/mol. The number of rotatable bonds is 4. The molecule has 1 aromatic heterocycles. The maximum absolute atomic E-state index is 11.3. The molecule has 1 fully saturated rings. The van der Waals surface area contributed by atoms with Gasteiger partial charge in [-0.2, -0.15) is 0 Å². The lowest BCUT2D eigenvalue weighted by atomic mass is 9.99. The van der Waals surface area contributed by atoms with Crippen LogP contribution in [-0.4, -0.2) is 35.2 Å². The van der Waals surface area contributed by atoms with Gasteiger partial charge in [-0.3, -0.25) is 4.79 Å². The van der Waals surface area contributed by atoms with Gasteiger partial charge in [-0.15, -0.1) is 0 Å². The van der Waals surface area contributed by atoms with E-state index < -0.39 is 6.10 Å². The summed E-state index contributed by atoms with van der Waals surface area (Å²) in [5.41, 5.74) is 0.938. The lowest BCUT2D eigenvalue weighted by Crippen LogP contribution is -2.33. The summed E-state index contributed by atoms with van der Waals surface area (Å²) in [6.45, 7) is 6.26. The molecule has 2 N–H and O–H groups in total. The number of amides is 1. The molecule has 0 bridgehead atoms. The van der Waals surface area contributed by atoms with Crippen LogP contribution < -0.4 is 10.2 Å². The van der Waals surface area contributed by atoms with E-state index in [1.165, 1.54) is 19.8 Å². The molecule has 5 nitrogen and oxygen atoms in total. The topological polar surface area (TPSA) is 65.5 Å². The minimum absolute atomic E-state index is 0.362. The van der Waals surface area contributed by atoms with Gasteiger partial charge < -0.3 is 15.3 Å². The SMILES string of the molecule is CC1CCN(c2ccc(CNC(=O)C(C)O)cn2)CC1. The summed E-state index contributed by atoms with van der Waals surface area (Å²) in [6.07, 6.45) is 3.25. The number of nitrogens with one attached hydrogen (secondary N) is 1.